The number of nitrogen functional groups attached to an aromatic ring is 1. The predicted molar refractivity (Wildman–Crippen MR) is 89.7 cm³/mol. The van der Waals surface area contributed by atoms with Crippen molar-refractivity contribution in [1.82, 2.24) is 4.90 Å². The van der Waals surface area contributed by atoms with Crippen LogP contribution in [-0.4, -0.2) is 24.4 Å². The van der Waals surface area contributed by atoms with Crippen molar-refractivity contribution in [1.29, 1.82) is 0 Å². The van der Waals surface area contributed by atoms with E-state index >= 15 is 0 Å². The van der Waals surface area contributed by atoms with Crippen LogP contribution in [0.5, 0.6) is 0 Å². The third-order valence-corrected chi connectivity index (χ3v) is 4.26. The van der Waals surface area contributed by atoms with Gasteiger partial charge in [0.05, 0.1) is 10.0 Å². The molecule has 2 rings (SSSR count). The van der Waals surface area contributed by atoms with Gasteiger partial charge in [-0.25, -0.2) is 4.39 Å². The molecule has 7 heteroatoms. The van der Waals surface area contributed by atoms with Gasteiger partial charge in [0.15, 0.2) is 0 Å². The SMILES string of the molecule is CN(CCC(=O)Nc1cc(N)ccc1F)Cc1ccc(Cl)s1. The maximum absolute atomic E-state index is 13.5. The van der Waals surface area contributed by atoms with Gasteiger partial charge in [-0.15, -0.1) is 11.3 Å². The van der Waals surface area contributed by atoms with Crippen molar-refractivity contribution in [2.45, 2.75) is 13.0 Å². The number of carbonyl (C=O) groups is 1. The molecule has 1 amide bonds. The van der Waals surface area contributed by atoms with Crippen molar-refractivity contribution in [2.75, 3.05) is 24.6 Å². The lowest BCUT2D eigenvalue weighted by Gasteiger charge is -2.15. The molecule has 0 aliphatic rings. The molecule has 0 aliphatic heterocycles. The van der Waals surface area contributed by atoms with Crippen LogP contribution in [0, 0.1) is 5.82 Å². The number of hydrogen-bond acceptors (Lipinski definition) is 4. The van der Waals surface area contributed by atoms with Gasteiger partial charge in [0, 0.05) is 30.1 Å². The number of nitrogens with one attached hydrogen (secondary N) is 1. The van der Waals surface area contributed by atoms with Gasteiger partial charge in [0.25, 0.3) is 0 Å². The molecule has 0 bridgehead atoms. The highest BCUT2D eigenvalue weighted by molar-refractivity contribution is 7.16. The number of halogens is 2. The summed E-state index contributed by atoms with van der Waals surface area (Å²) in [4.78, 5) is 15.0. The van der Waals surface area contributed by atoms with Gasteiger partial charge in [-0.3, -0.25) is 4.79 Å². The molecule has 4 nitrogen and oxygen atoms in total. The fraction of sp³-hybridized carbons (Fsp3) is 0.267. The molecule has 0 unspecified atom stereocenters. The summed E-state index contributed by atoms with van der Waals surface area (Å²) in [6.07, 6.45) is 0.268. The number of amides is 1. The first-order valence-electron chi connectivity index (χ1n) is 6.71. The monoisotopic (exact) mass is 341 g/mol. The lowest BCUT2D eigenvalue weighted by atomic mass is 10.2. The summed E-state index contributed by atoms with van der Waals surface area (Å²) >= 11 is 7.40. The molecule has 22 heavy (non-hydrogen) atoms. The molecule has 0 atom stereocenters. The standard InChI is InChI=1S/C15H17ClFN3OS/c1-20(9-11-3-5-14(16)22-11)7-6-15(21)19-13-8-10(18)2-4-12(13)17/h2-5,8H,6-7,9,18H2,1H3,(H,19,21). The number of benzene rings is 1. The third kappa shape index (κ3) is 4.98. The molecular weight excluding hydrogens is 325 g/mol. The number of thiophene rings is 1. The van der Waals surface area contributed by atoms with E-state index in [1.165, 1.54) is 29.5 Å². The van der Waals surface area contributed by atoms with Crippen molar-refractivity contribution in [2.24, 2.45) is 0 Å². The van der Waals surface area contributed by atoms with Crippen LogP contribution in [0.1, 0.15) is 11.3 Å². The molecule has 0 saturated heterocycles. The first-order valence-corrected chi connectivity index (χ1v) is 7.91. The number of carbonyl (C=O) groups excluding carboxylic acids is 1. The maximum Gasteiger partial charge on any atom is 0.225 e. The van der Waals surface area contributed by atoms with Crippen LogP contribution in [-0.2, 0) is 11.3 Å². The van der Waals surface area contributed by atoms with Gasteiger partial charge in [-0.1, -0.05) is 11.6 Å². The molecule has 0 fully saturated rings. The predicted octanol–water partition coefficient (Wildman–Crippen LogP) is 3.58. The second kappa shape index (κ2) is 7.58. The van der Waals surface area contributed by atoms with Gasteiger partial charge < -0.3 is 16.0 Å². The van der Waals surface area contributed by atoms with E-state index in [0.29, 0.717) is 12.2 Å². The molecule has 0 spiro atoms. The molecule has 3 N–H and O–H groups in total. The quantitative estimate of drug-likeness (QED) is 0.789. The van der Waals surface area contributed by atoms with Gasteiger partial charge in [-0.2, -0.15) is 0 Å². The molecule has 1 aromatic carbocycles. The summed E-state index contributed by atoms with van der Waals surface area (Å²) in [5, 5.41) is 2.54. The number of nitrogens with two attached hydrogens (primary N) is 1. The molecule has 2 aromatic rings. The Kier molecular flexibility index (Phi) is 5.76. The van der Waals surface area contributed by atoms with E-state index in [4.69, 9.17) is 17.3 Å². The van der Waals surface area contributed by atoms with Crippen molar-refractivity contribution in [3.8, 4) is 0 Å². The highest BCUT2D eigenvalue weighted by Gasteiger charge is 2.09. The van der Waals surface area contributed by atoms with Crippen molar-refractivity contribution < 1.29 is 9.18 Å². The van der Waals surface area contributed by atoms with Crippen LogP contribution in [0.4, 0.5) is 15.8 Å². The van der Waals surface area contributed by atoms with Crippen LogP contribution >= 0.6 is 22.9 Å². The molecule has 118 valence electrons. The molecule has 1 aromatic heterocycles. The van der Waals surface area contributed by atoms with Crippen molar-refractivity contribution >= 4 is 40.2 Å². The molecule has 1 heterocycles. The number of anilines is 2. The van der Waals surface area contributed by atoms with Crippen LogP contribution in [0.25, 0.3) is 0 Å². The highest BCUT2D eigenvalue weighted by Crippen LogP contribution is 2.22. The topological polar surface area (TPSA) is 58.4 Å². The third-order valence-electron chi connectivity index (χ3n) is 3.04. The van der Waals surface area contributed by atoms with Crippen LogP contribution in [0.15, 0.2) is 30.3 Å². The normalized spacial score (nSPS) is 10.9. The Morgan fingerprint density at radius 3 is 2.86 bits per heavy atom. The van der Waals surface area contributed by atoms with Crippen molar-refractivity contribution in [3.63, 3.8) is 0 Å². The average Bonchev–Trinajstić information content (AvgIpc) is 2.86. The van der Waals surface area contributed by atoms with E-state index in [9.17, 15) is 9.18 Å². The highest BCUT2D eigenvalue weighted by atomic mass is 35.5. The minimum Gasteiger partial charge on any atom is -0.399 e. The zero-order valence-electron chi connectivity index (χ0n) is 12.1. The average molecular weight is 342 g/mol. The smallest absolute Gasteiger partial charge is 0.225 e. The summed E-state index contributed by atoms with van der Waals surface area (Å²) in [7, 11) is 1.92. The number of rotatable bonds is 6. The summed E-state index contributed by atoms with van der Waals surface area (Å²) in [6.45, 7) is 1.28. The van der Waals surface area contributed by atoms with E-state index in [0.717, 1.165) is 15.8 Å². The zero-order valence-corrected chi connectivity index (χ0v) is 13.7. The Morgan fingerprint density at radius 2 is 2.18 bits per heavy atom. The van der Waals surface area contributed by atoms with Crippen LogP contribution < -0.4 is 11.1 Å². The Balaban J connectivity index is 1.81. The molecule has 0 aliphatic carbocycles. The van der Waals surface area contributed by atoms with E-state index in [1.807, 2.05) is 24.1 Å². The van der Waals surface area contributed by atoms with Gasteiger partial charge in [0.2, 0.25) is 5.91 Å². The van der Waals surface area contributed by atoms with E-state index < -0.39 is 5.82 Å². The first-order chi connectivity index (χ1) is 10.4. The zero-order chi connectivity index (χ0) is 16.1. The lowest BCUT2D eigenvalue weighted by molar-refractivity contribution is -0.116. The fourth-order valence-electron chi connectivity index (χ4n) is 1.93. The summed E-state index contributed by atoms with van der Waals surface area (Å²) < 4.78 is 14.3. The Labute approximate surface area is 137 Å². The minimum atomic E-state index is -0.496. The summed E-state index contributed by atoms with van der Waals surface area (Å²) in [5.41, 5.74) is 6.09. The minimum absolute atomic E-state index is 0.109. The largest absolute Gasteiger partial charge is 0.399 e. The number of hydrogen-bond donors (Lipinski definition) is 2. The van der Waals surface area contributed by atoms with E-state index in [1.54, 1.807) is 0 Å². The second-order valence-corrected chi connectivity index (χ2v) is 6.78. The van der Waals surface area contributed by atoms with Crippen molar-refractivity contribution in [3.05, 3.63) is 45.4 Å². The number of nitrogens with zero attached hydrogens (tertiary/aromatic N) is 1. The fourth-order valence-corrected chi connectivity index (χ4v) is 3.09. The second-order valence-electron chi connectivity index (χ2n) is 4.98. The Morgan fingerprint density at radius 1 is 1.41 bits per heavy atom. The van der Waals surface area contributed by atoms with Gasteiger partial charge in [0.1, 0.15) is 5.82 Å². The van der Waals surface area contributed by atoms with Gasteiger partial charge in [-0.05, 0) is 37.4 Å². The maximum atomic E-state index is 13.5. The van der Waals surface area contributed by atoms with Crippen LogP contribution in [0.2, 0.25) is 4.34 Å². The summed E-state index contributed by atoms with van der Waals surface area (Å²) in [5.74, 6) is -0.746. The molecular formula is C15H17ClFN3OS. The first kappa shape index (κ1) is 16.7. The molecule has 0 saturated carbocycles. The Hall–Kier alpha value is -1.63. The Bertz CT molecular complexity index is 662. The van der Waals surface area contributed by atoms with E-state index in [2.05, 4.69) is 5.32 Å². The molecule has 0 radical (unpaired) electrons. The van der Waals surface area contributed by atoms with Crippen LogP contribution in [0.3, 0.4) is 0 Å². The summed E-state index contributed by atoms with van der Waals surface area (Å²) in [6, 6.07) is 7.91. The van der Waals surface area contributed by atoms with E-state index in [-0.39, 0.29) is 18.0 Å². The lowest BCUT2D eigenvalue weighted by Crippen LogP contribution is -2.24. The van der Waals surface area contributed by atoms with Gasteiger partial charge >= 0.3 is 0 Å².